The Labute approximate surface area is 119 Å². The lowest BCUT2D eigenvalue weighted by molar-refractivity contribution is 0.578. The number of piperidine rings is 1. The topological polar surface area (TPSA) is 41.0 Å². The minimum absolute atomic E-state index is 0.728. The molecule has 1 aromatic carbocycles. The Hall–Kier alpha value is -2.10. The van der Waals surface area contributed by atoms with Crippen LogP contribution in [0.1, 0.15) is 25.0 Å². The monoisotopic (exact) mass is 268 g/mol. The molecule has 2 heterocycles. The zero-order valence-corrected chi connectivity index (χ0v) is 11.6. The van der Waals surface area contributed by atoms with Crippen molar-refractivity contribution in [1.82, 2.24) is 9.97 Å². The van der Waals surface area contributed by atoms with E-state index < -0.39 is 0 Å². The molecule has 104 valence electrons. The van der Waals surface area contributed by atoms with E-state index in [1.807, 2.05) is 6.07 Å². The third kappa shape index (κ3) is 3.26. The quantitative estimate of drug-likeness (QED) is 0.925. The predicted molar refractivity (Wildman–Crippen MR) is 81.9 cm³/mol. The molecule has 0 aliphatic carbocycles. The maximum Gasteiger partial charge on any atom is 0.115 e. The molecule has 1 aliphatic heterocycles. The molecular formula is C16H20N4. The van der Waals surface area contributed by atoms with E-state index in [1.165, 1.54) is 38.0 Å². The first-order valence-corrected chi connectivity index (χ1v) is 7.25. The van der Waals surface area contributed by atoms with E-state index in [0.29, 0.717) is 0 Å². The summed E-state index contributed by atoms with van der Waals surface area (Å²) in [6, 6.07) is 10.6. The minimum atomic E-state index is 0.728. The van der Waals surface area contributed by atoms with Gasteiger partial charge in [0.25, 0.3) is 0 Å². The molecule has 4 nitrogen and oxygen atoms in total. The highest BCUT2D eigenvalue weighted by atomic mass is 15.1. The first-order valence-electron chi connectivity index (χ1n) is 7.25. The van der Waals surface area contributed by atoms with Gasteiger partial charge in [-0.3, -0.25) is 0 Å². The van der Waals surface area contributed by atoms with E-state index in [2.05, 4.69) is 44.5 Å². The molecule has 0 unspecified atom stereocenters. The molecule has 20 heavy (non-hydrogen) atoms. The number of nitrogens with zero attached hydrogens (tertiary/aromatic N) is 3. The fourth-order valence-corrected chi connectivity index (χ4v) is 2.56. The molecule has 0 atom stereocenters. The number of rotatable bonds is 4. The highest BCUT2D eigenvalue weighted by molar-refractivity contribution is 5.55. The minimum Gasteiger partial charge on any atom is -0.379 e. The molecule has 0 saturated carbocycles. The van der Waals surface area contributed by atoms with Crippen LogP contribution in [-0.4, -0.2) is 23.1 Å². The van der Waals surface area contributed by atoms with Crippen molar-refractivity contribution in [3.63, 3.8) is 0 Å². The van der Waals surface area contributed by atoms with Crippen LogP contribution in [0.2, 0.25) is 0 Å². The molecule has 0 bridgehead atoms. The smallest absolute Gasteiger partial charge is 0.115 e. The Morgan fingerprint density at radius 1 is 1.00 bits per heavy atom. The summed E-state index contributed by atoms with van der Waals surface area (Å²) in [5.74, 6) is 0. The summed E-state index contributed by atoms with van der Waals surface area (Å²) < 4.78 is 0. The maximum atomic E-state index is 4.20. The number of benzene rings is 1. The Kier molecular flexibility index (Phi) is 4.11. The third-order valence-electron chi connectivity index (χ3n) is 3.71. The Bertz CT molecular complexity index is 518. The fraction of sp³-hybridized carbons (Fsp3) is 0.375. The van der Waals surface area contributed by atoms with Gasteiger partial charge < -0.3 is 10.2 Å². The largest absolute Gasteiger partial charge is 0.379 e. The molecule has 1 fully saturated rings. The van der Waals surface area contributed by atoms with E-state index in [1.54, 1.807) is 12.5 Å². The van der Waals surface area contributed by atoms with E-state index in [0.717, 1.165) is 17.9 Å². The molecule has 1 saturated heterocycles. The van der Waals surface area contributed by atoms with Crippen molar-refractivity contribution in [2.24, 2.45) is 0 Å². The second-order valence-electron chi connectivity index (χ2n) is 5.15. The van der Waals surface area contributed by atoms with Crippen LogP contribution in [0.3, 0.4) is 0 Å². The summed E-state index contributed by atoms with van der Waals surface area (Å²) in [5.41, 5.74) is 3.46. The standard InChI is InChI=1S/C16H20N4/c1-2-10-20(11-3-1)16-6-4-14(5-7-16)18-12-15-8-9-17-13-19-15/h4-9,13,18H,1-3,10-12H2. The van der Waals surface area contributed by atoms with Gasteiger partial charge in [0.2, 0.25) is 0 Å². The molecule has 1 aromatic heterocycles. The van der Waals surface area contributed by atoms with Crippen LogP contribution in [0.5, 0.6) is 0 Å². The summed E-state index contributed by atoms with van der Waals surface area (Å²) >= 11 is 0. The average molecular weight is 268 g/mol. The van der Waals surface area contributed by atoms with Gasteiger partial charge in [0, 0.05) is 30.7 Å². The summed E-state index contributed by atoms with van der Waals surface area (Å²) in [4.78, 5) is 10.6. The number of nitrogens with one attached hydrogen (secondary N) is 1. The average Bonchev–Trinajstić information content (AvgIpc) is 2.55. The predicted octanol–water partition coefficient (Wildman–Crippen LogP) is 3.08. The molecular weight excluding hydrogens is 248 g/mol. The highest BCUT2D eigenvalue weighted by Gasteiger charge is 2.10. The van der Waals surface area contributed by atoms with Gasteiger partial charge in [-0.05, 0) is 49.6 Å². The van der Waals surface area contributed by atoms with E-state index >= 15 is 0 Å². The molecule has 1 N–H and O–H groups in total. The first-order chi connectivity index (χ1) is 9.92. The zero-order chi connectivity index (χ0) is 13.6. The number of anilines is 2. The Balaban J connectivity index is 1.58. The van der Waals surface area contributed by atoms with Crippen LogP contribution >= 0.6 is 0 Å². The molecule has 0 spiro atoms. The van der Waals surface area contributed by atoms with Gasteiger partial charge in [-0.1, -0.05) is 0 Å². The van der Waals surface area contributed by atoms with Crippen molar-refractivity contribution >= 4 is 11.4 Å². The normalized spacial score (nSPS) is 15.1. The summed E-state index contributed by atoms with van der Waals surface area (Å²) in [7, 11) is 0. The van der Waals surface area contributed by atoms with Crippen molar-refractivity contribution in [2.45, 2.75) is 25.8 Å². The second kappa shape index (κ2) is 6.37. The van der Waals surface area contributed by atoms with Crippen LogP contribution in [0, 0.1) is 0 Å². The summed E-state index contributed by atoms with van der Waals surface area (Å²) in [6.07, 6.45) is 7.34. The van der Waals surface area contributed by atoms with E-state index in [-0.39, 0.29) is 0 Å². The van der Waals surface area contributed by atoms with Crippen molar-refractivity contribution in [1.29, 1.82) is 0 Å². The lowest BCUT2D eigenvalue weighted by Crippen LogP contribution is -2.29. The van der Waals surface area contributed by atoms with Crippen molar-refractivity contribution in [2.75, 3.05) is 23.3 Å². The number of hydrogen-bond acceptors (Lipinski definition) is 4. The highest BCUT2D eigenvalue weighted by Crippen LogP contribution is 2.21. The van der Waals surface area contributed by atoms with E-state index in [9.17, 15) is 0 Å². The summed E-state index contributed by atoms with van der Waals surface area (Å²) in [6.45, 7) is 3.10. The van der Waals surface area contributed by atoms with Gasteiger partial charge >= 0.3 is 0 Å². The van der Waals surface area contributed by atoms with Gasteiger partial charge in [0.1, 0.15) is 6.33 Å². The van der Waals surface area contributed by atoms with Crippen LogP contribution < -0.4 is 10.2 Å². The maximum absolute atomic E-state index is 4.20. The van der Waals surface area contributed by atoms with Crippen molar-refractivity contribution in [3.8, 4) is 0 Å². The van der Waals surface area contributed by atoms with Crippen molar-refractivity contribution < 1.29 is 0 Å². The lowest BCUT2D eigenvalue weighted by atomic mass is 10.1. The van der Waals surface area contributed by atoms with Gasteiger partial charge in [-0.25, -0.2) is 9.97 Å². The Morgan fingerprint density at radius 2 is 1.80 bits per heavy atom. The first kappa shape index (κ1) is 12.9. The molecule has 2 aromatic rings. The van der Waals surface area contributed by atoms with Gasteiger partial charge in [0.05, 0.1) is 12.2 Å². The van der Waals surface area contributed by atoms with Gasteiger partial charge in [-0.15, -0.1) is 0 Å². The van der Waals surface area contributed by atoms with Gasteiger partial charge in [0.15, 0.2) is 0 Å². The summed E-state index contributed by atoms with van der Waals surface area (Å²) in [5, 5.41) is 3.38. The molecule has 4 heteroatoms. The zero-order valence-electron chi connectivity index (χ0n) is 11.6. The van der Waals surface area contributed by atoms with E-state index in [4.69, 9.17) is 0 Å². The van der Waals surface area contributed by atoms with Crippen LogP contribution in [0.25, 0.3) is 0 Å². The van der Waals surface area contributed by atoms with Crippen LogP contribution in [0.15, 0.2) is 42.9 Å². The molecule has 1 aliphatic rings. The number of aromatic nitrogens is 2. The molecule has 0 amide bonds. The van der Waals surface area contributed by atoms with Crippen LogP contribution in [-0.2, 0) is 6.54 Å². The Morgan fingerprint density at radius 3 is 2.50 bits per heavy atom. The van der Waals surface area contributed by atoms with Crippen molar-refractivity contribution in [3.05, 3.63) is 48.5 Å². The lowest BCUT2D eigenvalue weighted by Gasteiger charge is -2.28. The molecule has 0 radical (unpaired) electrons. The SMILES string of the molecule is c1cc(CNc2ccc(N3CCCCC3)cc2)ncn1. The van der Waals surface area contributed by atoms with Crippen LogP contribution in [0.4, 0.5) is 11.4 Å². The third-order valence-corrected chi connectivity index (χ3v) is 3.71. The second-order valence-corrected chi connectivity index (χ2v) is 5.15. The van der Waals surface area contributed by atoms with Gasteiger partial charge in [-0.2, -0.15) is 0 Å². The fourth-order valence-electron chi connectivity index (χ4n) is 2.56. The number of hydrogen-bond donors (Lipinski definition) is 1. The molecule has 3 rings (SSSR count).